The molecular formula is C18H17FN2O4S2. The molecule has 3 aromatic rings. The fraction of sp³-hybridized carbons (Fsp3) is 0.222. The minimum Gasteiger partial charge on any atom is -0.383 e. The molecule has 9 heteroatoms. The number of thiazole rings is 1. The van der Waals surface area contributed by atoms with E-state index < -0.39 is 15.7 Å². The summed E-state index contributed by atoms with van der Waals surface area (Å²) in [5.74, 6) is -0.944. The molecule has 6 nitrogen and oxygen atoms in total. The van der Waals surface area contributed by atoms with Crippen molar-refractivity contribution >= 4 is 37.3 Å². The van der Waals surface area contributed by atoms with Crippen molar-refractivity contribution in [2.45, 2.75) is 11.4 Å². The third kappa shape index (κ3) is 4.32. The average Bonchev–Trinajstić information content (AvgIpc) is 2.95. The van der Waals surface area contributed by atoms with Gasteiger partial charge in [-0.25, -0.2) is 12.8 Å². The van der Waals surface area contributed by atoms with Gasteiger partial charge in [0.15, 0.2) is 14.6 Å². The number of methoxy groups -OCH3 is 1. The van der Waals surface area contributed by atoms with Crippen LogP contribution in [0.1, 0.15) is 10.4 Å². The van der Waals surface area contributed by atoms with Gasteiger partial charge in [-0.1, -0.05) is 17.4 Å². The Balaban J connectivity index is 2.11. The van der Waals surface area contributed by atoms with E-state index in [9.17, 15) is 17.6 Å². The van der Waals surface area contributed by atoms with Crippen LogP contribution in [0.25, 0.3) is 10.2 Å². The summed E-state index contributed by atoms with van der Waals surface area (Å²) in [4.78, 5) is 17.2. The second kappa shape index (κ2) is 7.71. The lowest BCUT2D eigenvalue weighted by Gasteiger charge is -2.04. The first-order valence-corrected chi connectivity index (χ1v) is 10.7. The summed E-state index contributed by atoms with van der Waals surface area (Å²) in [6, 6.07) is 10.1. The summed E-state index contributed by atoms with van der Waals surface area (Å²) in [5, 5.41) is 0. The van der Waals surface area contributed by atoms with E-state index >= 15 is 0 Å². The molecule has 1 heterocycles. The van der Waals surface area contributed by atoms with Crippen molar-refractivity contribution in [3.63, 3.8) is 0 Å². The maximum atomic E-state index is 13.5. The maximum Gasteiger partial charge on any atom is 0.279 e. The van der Waals surface area contributed by atoms with Gasteiger partial charge in [0.2, 0.25) is 0 Å². The Hall–Kier alpha value is -2.36. The van der Waals surface area contributed by atoms with Gasteiger partial charge in [-0.15, -0.1) is 0 Å². The smallest absolute Gasteiger partial charge is 0.279 e. The van der Waals surface area contributed by atoms with E-state index in [1.165, 1.54) is 47.7 Å². The highest BCUT2D eigenvalue weighted by Gasteiger charge is 2.13. The van der Waals surface area contributed by atoms with Crippen LogP contribution in [0, 0.1) is 5.82 Å². The Morgan fingerprint density at radius 1 is 1.26 bits per heavy atom. The van der Waals surface area contributed by atoms with Crippen molar-refractivity contribution in [1.29, 1.82) is 0 Å². The number of ether oxygens (including phenoxy) is 1. The fourth-order valence-corrected chi connectivity index (χ4v) is 4.29. The third-order valence-electron chi connectivity index (χ3n) is 3.87. The van der Waals surface area contributed by atoms with Crippen LogP contribution in [-0.4, -0.2) is 38.9 Å². The molecule has 0 radical (unpaired) electrons. The van der Waals surface area contributed by atoms with Gasteiger partial charge in [0.1, 0.15) is 5.82 Å². The second-order valence-corrected chi connectivity index (χ2v) is 8.88. The van der Waals surface area contributed by atoms with Crippen molar-refractivity contribution < 1.29 is 22.3 Å². The number of amides is 1. The fourth-order valence-electron chi connectivity index (χ4n) is 2.54. The molecular weight excluding hydrogens is 391 g/mol. The van der Waals surface area contributed by atoms with Crippen LogP contribution in [0.15, 0.2) is 52.4 Å². The topological polar surface area (TPSA) is 77.7 Å². The summed E-state index contributed by atoms with van der Waals surface area (Å²) >= 11 is 1.18. The molecule has 0 atom stereocenters. The van der Waals surface area contributed by atoms with E-state index in [1.54, 1.807) is 17.7 Å². The SMILES string of the molecule is COCCn1c(=NC(=O)c2cccc(S(C)(=O)=O)c2)sc2cc(F)ccc21. The molecule has 0 aliphatic carbocycles. The molecule has 1 aromatic heterocycles. The number of benzene rings is 2. The lowest BCUT2D eigenvalue weighted by Crippen LogP contribution is -2.19. The molecule has 3 rings (SSSR count). The van der Waals surface area contributed by atoms with Crippen LogP contribution in [0.3, 0.4) is 0 Å². The van der Waals surface area contributed by atoms with Crippen molar-refractivity contribution in [3.05, 3.63) is 58.6 Å². The maximum absolute atomic E-state index is 13.5. The minimum atomic E-state index is -3.43. The molecule has 2 aromatic carbocycles. The van der Waals surface area contributed by atoms with Crippen LogP contribution in [0.2, 0.25) is 0 Å². The van der Waals surface area contributed by atoms with Gasteiger partial charge in [-0.2, -0.15) is 4.99 Å². The number of rotatable bonds is 5. The molecule has 27 heavy (non-hydrogen) atoms. The number of fused-ring (bicyclic) bond motifs is 1. The first kappa shape index (κ1) is 19.4. The third-order valence-corrected chi connectivity index (χ3v) is 6.02. The molecule has 0 fully saturated rings. The zero-order valence-corrected chi connectivity index (χ0v) is 16.3. The highest BCUT2D eigenvalue weighted by Crippen LogP contribution is 2.19. The Bertz CT molecular complexity index is 1180. The minimum absolute atomic E-state index is 0.0502. The highest BCUT2D eigenvalue weighted by molar-refractivity contribution is 7.90. The predicted molar refractivity (Wildman–Crippen MR) is 101 cm³/mol. The summed E-state index contributed by atoms with van der Waals surface area (Å²) < 4.78 is 44.5. The van der Waals surface area contributed by atoms with Crippen molar-refractivity contribution in [2.24, 2.45) is 4.99 Å². The largest absolute Gasteiger partial charge is 0.383 e. The number of hydrogen-bond donors (Lipinski definition) is 0. The summed E-state index contributed by atoms with van der Waals surface area (Å²) in [5.41, 5.74) is 0.912. The van der Waals surface area contributed by atoms with Crippen LogP contribution in [0.4, 0.5) is 4.39 Å². The molecule has 0 aliphatic rings. The number of hydrogen-bond acceptors (Lipinski definition) is 5. The van der Waals surface area contributed by atoms with Crippen LogP contribution < -0.4 is 4.80 Å². The van der Waals surface area contributed by atoms with Crippen molar-refractivity contribution in [1.82, 2.24) is 4.57 Å². The van der Waals surface area contributed by atoms with E-state index in [2.05, 4.69) is 4.99 Å². The first-order valence-electron chi connectivity index (χ1n) is 7.96. The van der Waals surface area contributed by atoms with E-state index in [4.69, 9.17) is 4.74 Å². The van der Waals surface area contributed by atoms with Gasteiger partial charge in [-0.05, 0) is 36.4 Å². The number of carbonyl (C=O) groups is 1. The van der Waals surface area contributed by atoms with Gasteiger partial charge in [0, 0.05) is 25.5 Å². The van der Waals surface area contributed by atoms with E-state index in [0.717, 1.165) is 11.8 Å². The van der Waals surface area contributed by atoms with E-state index in [-0.39, 0.29) is 16.3 Å². The van der Waals surface area contributed by atoms with Crippen LogP contribution in [0.5, 0.6) is 0 Å². The molecule has 0 saturated heterocycles. The van der Waals surface area contributed by atoms with Crippen LogP contribution >= 0.6 is 11.3 Å². The van der Waals surface area contributed by atoms with E-state index in [1.807, 2.05) is 0 Å². The van der Waals surface area contributed by atoms with Gasteiger partial charge in [0.05, 0.1) is 21.7 Å². The molecule has 0 saturated carbocycles. The summed E-state index contributed by atoms with van der Waals surface area (Å²) in [6.07, 6.45) is 1.08. The van der Waals surface area contributed by atoms with Crippen molar-refractivity contribution in [3.8, 4) is 0 Å². The zero-order valence-electron chi connectivity index (χ0n) is 14.7. The summed E-state index contributed by atoms with van der Waals surface area (Å²) in [6.45, 7) is 0.839. The molecule has 0 bridgehead atoms. The molecule has 0 spiro atoms. The average molecular weight is 408 g/mol. The van der Waals surface area contributed by atoms with Gasteiger partial charge in [-0.3, -0.25) is 4.79 Å². The Morgan fingerprint density at radius 2 is 2.04 bits per heavy atom. The normalized spacial score (nSPS) is 12.6. The molecule has 0 unspecified atom stereocenters. The Kier molecular flexibility index (Phi) is 5.54. The number of sulfone groups is 1. The lowest BCUT2D eigenvalue weighted by molar-refractivity contribution is 0.0997. The number of carbonyl (C=O) groups excluding carboxylic acids is 1. The number of halogens is 1. The van der Waals surface area contributed by atoms with Gasteiger partial charge in [0.25, 0.3) is 5.91 Å². The van der Waals surface area contributed by atoms with E-state index in [0.29, 0.717) is 22.7 Å². The second-order valence-electron chi connectivity index (χ2n) is 5.86. The first-order chi connectivity index (χ1) is 12.8. The zero-order chi connectivity index (χ0) is 19.6. The standard InChI is InChI=1S/C18H17FN2O4S2/c1-25-9-8-21-15-7-6-13(19)11-16(15)26-18(21)20-17(22)12-4-3-5-14(10-12)27(2,23)24/h3-7,10-11H,8-9H2,1-2H3. The van der Waals surface area contributed by atoms with Crippen molar-refractivity contribution in [2.75, 3.05) is 20.0 Å². The molecule has 0 N–H and O–H groups in total. The lowest BCUT2D eigenvalue weighted by atomic mass is 10.2. The summed E-state index contributed by atoms with van der Waals surface area (Å²) in [7, 11) is -1.87. The number of aromatic nitrogens is 1. The molecule has 1 amide bonds. The quantitative estimate of drug-likeness (QED) is 0.650. The predicted octanol–water partition coefficient (Wildman–Crippen LogP) is 2.63. The van der Waals surface area contributed by atoms with Gasteiger partial charge >= 0.3 is 0 Å². The highest BCUT2D eigenvalue weighted by atomic mass is 32.2. The number of nitrogens with zero attached hydrogens (tertiary/aromatic N) is 2. The Morgan fingerprint density at radius 3 is 2.74 bits per heavy atom. The molecule has 142 valence electrons. The van der Waals surface area contributed by atoms with Gasteiger partial charge < -0.3 is 9.30 Å². The molecule has 0 aliphatic heterocycles. The monoisotopic (exact) mass is 408 g/mol. The van der Waals surface area contributed by atoms with Crippen LogP contribution in [-0.2, 0) is 21.1 Å². The Labute approximate surface area is 159 Å².